The van der Waals surface area contributed by atoms with E-state index < -0.39 is 24.4 Å². The number of pyridine rings is 1. The number of amides is 1. The van der Waals surface area contributed by atoms with Crippen molar-refractivity contribution in [2.24, 2.45) is 0 Å². The normalized spacial score (nSPS) is 16.2. The number of hydrogen-bond acceptors (Lipinski definition) is 5. The number of anilines is 1. The summed E-state index contributed by atoms with van der Waals surface area (Å²) >= 11 is 0. The number of ether oxygens (including phenoxy) is 1. The van der Waals surface area contributed by atoms with E-state index in [0.29, 0.717) is 6.42 Å². The molecule has 0 saturated carbocycles. The summed E-state index contributed by atoms with van der Waals surface area (Å²) in [5.74, 6) is 0.995. The summed E-state index contributed by atoms with van der Waals surface area (Å²) < 4.78 is 44.4. The predicted molar refractivity (Wildman–Crippen MR) is 157 cm³/mol. The third kappa shape index (κ3) is 5.79. The Hall–Kier alpha value is -4.11. The minimum absolute atomic E-state index is 0.474. The van der Waals surface area contributed by atoms with Crippen molar-refractivity contribution < 1.29 is 22.7 Å². The van der Waals surface area contributed by atoms with Gasteiger partial charge >= 0.3 is 12.3 Å². The van der Waals surface area contributed by atoms with Crippen molar-refractivity contribution in [2.45, 2.75) is 31.0 Å². The van der Waals surface area contributed by atoms with Gasteiger partial charge in [-0.05, 0) is 55.1 Å². The van der Waals surface area contributed by atoms with Crippen LogP contribution in [0.15, 0.2) is 84.9 Å². The second kappa shape index (κ2) is 11.6. The number of piperazine rings is 1. The number of unbranched alkanes of at least 4 members (excludes halogenated alkanes) is 1. The zero-order chi connectivity index (χ0) is 29.2. The van der Waals surface area contributed by atoms with Crippen molar-refractivity contribution in [3.05, 3.63) is 96.1 Å². The monoisotopic (exact) mass is 574 g/mol. The number of alkyl carbamates (subject to hydrolysis) is 1. The van der Waals surface area contributed by atoms with E-state index in [2.05, 4.69) is 28.0 Å². The van der Waals surface area contributed by atoms with E-state index in [1.807, 2.05) is 72.0 Å². The molecule has 3 aromatic carbocycles. The summed E-state index contributed by atoms with van der Waals surface area (Å²) in [6.45, 7) is 3.06. The fraction of sp³-hybridized carbons (Fsp3) is 0.333. The van der Waals surface area contributed by atoms with Crippen molar-refractivity contribution in [2.75, 3.05) is 44.2 Å². The van der Waals surface area contributed by atoms with Gasteiger partial charge in [-0.1, -0.05) is 66.7 Å². The number of nitrogens with one attached hydrogen (secondary N) is 1. The lowest BCUT2D eigenvalue weighted by molar-refractivity contribution is -0.124. The van der Waals surface area contributed by atoms with Crippen LogP contribution in [0.3, 0.4) is 0 Å². The molecule has 1 aliphatic carbocycles. The number of nitrogens with zero attached hydrogens (tertiary/aromatic N) is 3. The summed E-state index contributed by atoms with van der Waals surface area (Å²) in [6.07, 6.45) is -3.51. The molecule has 0 bridgehead atoms. The second-order valence-corrected chi connectivity index (χ2v) is 10.9. The molecule has 0 atom stereocenters. The van der Waals surface area contributed by atoms with E-state index in [1.54, 1.807) is 0 Å². The van der Waals surface area contributed by atoms with Crippen LogP contribution in [0, 0.1) is 0 Å². The fourth-order valence-corrected chi connectivity index (χ4v) is 6.22. The molecule has 1 aromatic heterocycles. The van der Waals surface area contributed by atoms with E-state index in [-0.39, 0.29) is 0 Å². The number of halogens is 3. The zero-order valence-electron chi connectivity index (χ0n) is 23.2. The number of aromatic nitrogens is 1. The number of carbonyl (C=O) groups excluding carboxylic acids is 1. The van der Waals surface area contributed by atoms with Crippen LogP contribution in [0.2, 0.25) is 0 Å². The van der Waals surface area contributed by atoms with Gasteiger partial charge in [0, 0.05) is 42.7 Å². The van der Waals surface area contributed by atoms with E-state index in [0.717, 1.165) is 84.5 Å². The molecule has 1 fully saturated rings. The molecule has 1 aliphatic heterocycles. The largest absolute Gasteiger partial charge is 0.433 e. The number of alkyl halides is 3. The molecule has 1 saturated heterocycles. The molecule has 0 spiro atoms. The van der Waals surface area contributed by atoms with Gasteiger partial charge in [-0.2, -0.15) is 13.2 Å². The predicted octanol–water partition coefficient (Wildman–Crippen LogP) is 6.74. The summed E-state index contributed by atoms with van der Waals surface area (Å²) in [4.78, 5) is 22.3. The third-order valence-electron chi connectivity index (χ3n) is 8.25. The first-order valence-corrected chi connectivity index (χ1v) is 14.4. The van der Waals surface area contributed by atoms with Crippen LogP contribution in [0.4, 0.5) is 23.8 Å². The Balaban J connectivity index is 1.10. The van der Waals surface area contributed by atoms with E-state index in [4.69, 9.17) is 9.72 Å². The van der Waals surface area contributed by atoms with E-state index in [9.17, 15) is 18.0 Å². The summed E-state index contributed by atoms with van der Waals surface area (Å²) in [5.41, 5.74) is 3.35. The Bertz CT molecular complexity index is 1520. The first kappa shape index (κ1) is 28.0. The van der Waals surface area contributed by atoms with E-state index >= 15 is 0 Å². The second-order valence-electron chi connectivity index (χ2n) is 10.9. The van der Waals surface area contributed by atoms with Crippen LogP contribution >= 0.6 is 0 Å². The van der Waals surface area contributed by atoms with E-state index in [1.165, 1.54) is 0 Å². The Morgan fingerprint density at radius 2 is 1.48 bits per heavy atom. The quantitative estimate of drug-likeness (QED) is 0.236. The van der Waals surface area contributed by atoms with Crippen molar-refractivity contribution >= 4 is 22.8 Å². The molecule has 4 aromatic rings. The summed E-state index contributed by atoms with van der Waals surface area (Å²) in [6, 6.07) is 27.7. The first-order valence-electron chi connectivity index (χ1n) is 14.4. The van der Waals surface area contributed by atoms with Crippen molar-refractivity contribution in [1.82, 2.24) is 15.2 Å². The molecule has 1 amide bonds. The standard InChI is InChI=1S/C33H33F3N4O2/c34-33(35,36)23-37-31(41)42-32(27-12-4-2-10-25(27)26-11-3-5-13-28(26)32)17-7-8-18-39-19-21-40(22-20-39)30-16-15-24-9-1-6-14-29(24)38-30/h1-6,9-16H,7-8,17-23H2,(H,37,41). The summed E-state index contributed by atoms with van der Waals surface area (Å²) in [7, 11) is 0. The van der Waals surface area contributed by atoms with Gasteiger partial charge in [0.25, 0.3) is 0 Å². The molecular weight excluding hydrogens is 541 g/mol. The number of rotatable bonds is 8. The molecule has 9 heteroatoms. The van der Waals surface area contributed by atoms with Crippen LogP contribution < -0.4 is 10.2 Å². The highest BCUT2D eigenvalue weighted by Gasteiger charge is 2.46. The van der Waals surface area contributed by atoms with Gasteiger partial charge < -0.3 is 15.0 Å². The Morgan fingerprint density at radius 1 is 0.833 bits per heavy atom. The van der Waals surface area contributed by atoms with Crippen LogP contribution in [-0.4, -0.2) is 61.4 Å². The maximum atomic E-state index is 12.8. The topological polar surface area (TPSA) is 57.7 Å². The molecular formula is C33H33F3N4O2. The maximum absolute atomic E-state index is 12.8. The minimum Gasteiger partial charge on any atom is -0.433 e. The molecule has 2 heterocycles. The lowest BCUT2D eigenvalue weighted by Crippen LogP contribution is -2.47. The molecule has 6 rings (SSSR count). The maximum Gasteiger partial charge on any atom is 0.408 e. The van der Waals surface area contributed by atoms with Gasteiger partial charge in [0.15, 0.2) is 5.60 Å². The number of hydrogen-bond donors (Lipinski definition) is 1. The van der Waals surface area contributed by atoms with Crippen molar-refractivity contribution in [1.29, 1.82) is 0 Å². The lowest BCUT2D eigenvalue weighted by atomic mass is 9.86. The highest BCUT2D eigenvalue weighted by atomic mass is 19.4. The number of para-hydroxylation sites is 1. The van der Waals surface area contributed by atoms with Gasteiger partial charge in [-0.25, -0.2) is 9.78 Å². The average molecular weight is 575 g/mol. The Labute approximate surface area is 243 Å². The van der Waals surface area contributed by atoms with Crippen LogP contribution in [-0.2, 0) is 10.3 Å². The van der Waals surface area contributed by atoms with Gasteiger partial charge in [0.05, 0.1) is 5.52 Å². The number of carbonyl (C=O) groups is 1. The molecule has 218 valence electrons. The van der Waals surface area contributed by atoms with Gasteiger partial charge in [-0.3, -0.25) is 4.90 Å². The number of fused-ring (bicyclic) bond motifs is 4. The smallest absolute Gasteiger partial charge is 0.408 e. The zero-order valence-corrected chi connectivity index (χ0v) is 23.2. The fourth-order valence-electron chi connectivity index (χ4n) is 6.22. The molecule has 0 unspecified atom stereocenters. The van der Waals surface area contributed by atoms with Crippen LogP contribution in [0.5, 0.6) is 0 Å². The van der Waals surface area contributed by atoms with Crippen molar-refractivity contribution in [3.63, 3.8) is 0 Å². The Kier molecular flexibility index (Phi) is 7.77. The molecule has 0 radical (unpaired) electrons. The van der Waals surface area contributed by atoms with Gasteiger partial charge in [0.1, 0.15) is 12.4 Å². The van der Waals surface area contributed by atoms with Gasteiger partial charge in [-0.15, -0.1) is 0 Å². The summed E-state index contributed by atoms with van der Waals surface area (Å²) in [5, 5.41) is 3.03. The highest BCUT2D eigenvalue weighted by molar-refractivity contribution is 5.82. The van der Waals surface area contributed by atoms with Crippen LogP contribution in [0.25, 0.3) is 22.0 Å². The lowest BCUT2D eigenvalue weighted by Gasteiger charge is -2.36. The van der Waals surface area contributed by atoms with Gasteiger partial charge in [0.2, 0.25) is 0 Å². The molecule has 42 heavy (non-hydrogen) atoms. The number of benzene rings is 3. The third-order valence-corrected chi connectivity index (χ3v) is 8.25. The molecule has 2 aliphatic rings. The molecule has 1 N–H and O–H groups in total. The highest BCUT2D eigenvalue weighted by Crippen LogP contribution is 2.52. The Morgan fingerprint density at radius 3 is 2.17 bits per heavy atom. The molecule has 6 nitrogen and oxygen atoms in total. The van der Waals surface area contributed by atoms with Crippen molar-refractivity contribution in [3.8, 4) is 11.1 Å². The SMILES string of the molecule is O=C(NCC(F)(F)F)OC1(CCCCN2CCN(c3ccc4ccccc4n3)CC2)c2ccccc2-c2ccccc21. The average Bonchev–Trinajstić information content (AvgIpc) is 3.28. The minimum atomic E-state index is -4.52. The first-order chi connectivity index (χ1) is 20.3. The van der Waals surface area contributed by atoms with Crippen LogP contribution in [0.1, 0.15) is 30.4 Å².